The molecule has 1 N–H and O–H groups in total. The smallest absolute Gasteiger partial charge is 0.200 e. The van der Waals surface area contributed by atoms with E-state index in [1.165, 1.54) is 0 Å². The van der Waals surface area contributed by atoms with Crippen molar-refractivity contribution >= 4 is 15.7 Å². The van der Waals surface area contributed by atoms with Crippen molar-refractivity contribution < 1.29 is 8.42 Å². The molecule has 0 amide bonds. The van der Waals surface area contributed by atoms with Crippen LogP contribution in [-0.2, 0) is 10.0 Å². The van der Waals surface area contributed by atoms with Crippen LogP contribution >= 0.6 is 0 Å². The lowest BCUT2D eigenvalue weighted by Gasteiger charge is -2.07. The van der Waals surface area contributed by atoms with E-state index in [4.69, 9.17) is 0 Å². The second-order valence-electron chi connectivity index (χ2n) is 3.81. The largest absolute Gasteiger partial charge is 0.276 e. The number of hydrogen-bond acceptors (Lipinski definition) is 3. The van der Waals surface area contributed by atoms with Gasteiger partial charge in [-0.15, -0.1) is 0 Å². The summed E-state index contributed by atoms with van der Waals surface area (Å²) in [7, 11) is -3.53. The summed E-state index contributed by atoms with van der Waals surface area (Å²) >= 11 is 0. The summed E-state index contributed by atoms with van der Waals surface area (Å²) in [6, 6.07) is 8.22. The highest BCUT2D eigenvalue weighted by atomic mass is 32.2. The van der Waals surface area contributed by atoms with Crippen molar-refractivity contribution in [2.24, 2.45) is 5.10 Å². The van der Waals surface area contributed by atoms with Crippen molar-refractivity contribution in [3.05, 3.63) is 42.5 Å². The minimum Gasteiger partial charge on any atom is -0.200 e. The van der Waals surface area contributed by atoms with Gasteiger partial charge in [-0.05, 0) is 37.5 Å². The van der Waals surface area contributed by atoms with Crippen LogP contribution in [0.2, 0.25) is 0 Å². The Balaban J connectivity index is 2.13. The zero-order chi connectivity index (χ0) is 12.1. The van der Waals surface area contributed by atoms with Gasteiger partial charge < -0.3 is 0 Å². The topological polar surface area (TPSA) is 58.5 Å². The van der Waals surface area contributed by atoms with Gasteiger partial charge in [-0.1, -0.05) is 24.3 Å². The molecule has 0 unspecified atom stereocenters. The minimum absolute atomic E-state index is 0.226. The van der Waals surface area contributed by atoms with Gasteiger partial charge in [0.05, 0.1) is 10.6 Å². The first-order chi connectivity index (χ1) is 8.18. The standard InChI is InChI=1S/C12H14N2O2S/c15-17(16,12-9-5-2-6-10-12)14-13-11-7-3-1-4-8-11/h2-3,5-7,9-10,14H,1,4,8H2/b13-11+. The molecule has 1 aromatic rings. The van der Waals surface area contributed by atoms with E-state index in [1.54, 1.807) is 30.3 Å². The molecule has 0 fully saturated rings. The van der Waals surface area contributed by atoms with Crippen LogP contribution in [0.5, 0.6) is 0 Å². The van der Waals surface area contributed by atoms with Crippen LogP contribution in [0.25, 0.3) is 0 Å². The average Bonchev–Trinajstić information content (AvgIpc) is 2.39. The SMILES string of the molecule is O=S(=O)(N/N=C1\C=CCCC1)c1ccccc1. The van der Waals surface area contributed by atoms with Gasteiger partial charge in [-0.25, -0.2) is 0 Å². The van der Waals surface area contributed by atoms with Gasteiger partial charge in [0.25, 0.3) is 10.0 Å². The van der Waals surface area contributed by atoms with Crippen molar-refractivity contribution in [3.63, 3.8) is 0 Å². The maximum atomic E-state index is 11.8. The van der Waals surface area contributed by atoms with E-state index in [9.17, 15) is 8.42 Å². The number of hydrogen-bond donors (Lipinski definition) is 1. The molecule has 0 saturated heterocycles. The molecular formula is C12H14N2O2S. The molecule has 90 valence electrons. The van der Waals surface area contributed by atoms with Crippen LogP contribution < -0.4 is 4.83 Å². The molecule has 0 atom stereocenters. The van der Waals surface area contributed by atoms with E-state index in [0.717, 1.165) is 25.0 Å². The molecule has 1 aromatic carbocycles. The number of sulfonamides is 1. The monoisotopic (exact) mass is 250 g/mol. The van der Waals surface area contributed by atoms with Gasteiger partial charge in [0, 0.05) is 0 Å². The van der Waals surface area contributed by atoms with Crippen LogP contribution in [-0.4, -0.2) is 14.1 Å². The molecule has 4 nitrogen and oxygen atoms in total. The summed E-state index contributed by atoms with van der Waals surface area (Å²) in [5.41, 5.74) is 0.774. The molecule has 0 spiro atoms. The molecule has 0 bridgehead atoms. The summed E-state index contributed by atoms with van der Waals surface area (Å²) in [5, 5.41) is 3.92. The molecule has 2 rings (SSSR count). The molecule has 1 aliphatic rings. The first-order valence-corrected chi connectivity index (χ1v) is 6.97. The first kappa shape index (κ1) is 11.9. The number of benzene rings is 1. The molecule has 0 saturated carbocycles. The number of allylic oxidation sites excluding steroid dienone is 2. The van der Waals surface area contributed by atoms with Gasteiger partial charge in [0.1, 0.15) is 0 Å². The predicted molar refractivity (Wildman–Crippen MR) is 67.2 cm³/mol. The van der Waals surface area contributed by atoms with Crippen molar-refractivity contribution in [2.45, 2.75) is 24.2 Å². The normalized spacial score (nSPS) is 18.2. The van der Waals surface area contributed by atoms with Crippen molar-refractivity contribution in [1.82, 2.24) is 4.83 Å². The molecular weight excluding hydrogens is 236 g/mol. The van der Waals surface area contributed by atoms with E-state index in [1.807, 2.05) is 12.2 Å². The molecule has 0 radical (unpaired) electrons. The number of nitrogens with one attached hydrogen (secondary N) is 1. The van der Waals surface area contributed by atoms with E-state index in [2.05, 4.69) is 9.93 Å². The van der Waals surface area contributed by atoms with E-state index < -0.39 is 10.0 Å². The minimum atomic E-state index is -3.53. The Hall–Kier alpha value is -1.62. The predicted octanol–water partition coefficient (Wildman–Crippen LogP) is 2.06. The molecule has 5 heteroatoms. The summed E-state index contributed by atoms with van der Waals surface area (Å²) in [4.78, 5) is 2.48. The maximum Gasteiger partial charge on any atom is 0.276 e. The lowest BCUT2D eigenvalue weighted by Crippen LogP contribution is -2.20. The second-order valence-corrected chi connectivity index (χ2v) is 5.47. The summed E-state index contributed by atoms with van der Waals surface area (Å²) < 4.78 is 23.7. The Morgan fingerprint density at radius 1 is 1.18 bits per heavy atom. The quantitative estimate of drug-likeness (QED) is 0.835. The van der Waals surface area contributed by atoms with Gasteiger partial charge in [0.2, 0.25) is 0 Å². The molecule has 1 aliphatic carbocycles. The number of hydrazone groups is 1. The van der Waals surface area contributed by atoms with Crippen LogP contribution in [0.4, 0.5) is 0 Å². The van der Waals surface area contributed by atoms with Gasteiger partial charge in [-0.2, -0.15) is 18.4 Å². The van der Waals surface area contributed by atoms with E-state index in [0.29, 0.717) is 0 Å². The molecule has 0 aromatic heterocycles. The van der Waals surface area contributed by atoms with Crippen LogP contribution in [0, 0.1) is 0 Å². The average molecular weight is 250 g/mol. The van der Waals surface area contributed by atoms with Crippen LogP contribution in [0.1, 0.15) is 19.3 Å². The summed E-state index contributed by atoms with van der Waals surface area (Å²) in [5.74, 6) is 0. The summed E-state index contributed by atoms with van der Waals surface area (Å²) in [6.07, 6.45) is 6.72. The molecule has 0 heterocycles. The van der Waals surface area contributed by atoms with Crippen molar-refractivity contribution in [3.8, 4) is 0 Å². The van der Waals surface area contributed by atoms with Gasteiger partial charge >= 0.3 is 0 Å². The highest BCUT2D eigenvalue weighted by Gasteiger charge is 2.12. The third-order valence-corrected chi connectivity index (χ3v) is 3.70. The van der Waals surface area contributed by atoms with Crippen LogP contribution in [0.15, 0.2) is 52.5 Å². The maximum absolute atomic E-state index is 11.8. The second kappa shape index (κ2) is 5.14. The Morgan fingerprint density at radius 3 is 2.59 bits per heavy atom. The highest BCUT2D eigenvalue weighted by molar-refractivity contribution is 7.89. The highest BCUT2D eigenvalue weighted by Crippen LogP contribution is 2.09. The van der Waals surface area contributed by atoms with E-state index >= 15 is 0 Å². The lowest BCUT2D eigenvalue weighted by molar-refractivity contribution is 0.584. The fourth-order valence-electron chi connectivity index (χ4n) is 1.57. The number of nitrogens with zero attached hydrogens (tertiary/aromatic N) is 1. The lowest BCUT2D eigenvalue weighted by atomic mass is 10.1. The zero-order valence-electron chi connectivity index (χ0n) is 9.33. The van der Waals surface area contributed by atoms with Gasteiger partial charge in [-0.3, -0.25) is 0 Å². The third-order valence-electron chi connectivity index (χ3n) is 2.48. The fourth-order valence-corrected chi connectivity index (χ4v) is 2.43. The fraction of sp³-hybridized carbons (Fsp3) is 0.250. The Labute approximate surface area is 101 Å². The first-order valence-electron chi connectivity index (χ1n) is 5.48. The Morgan fingerprint density at radius 2 is 1.94 bits per heavy atom. The number of rotatable bonds is 3. The van der Waals surface area contributed by atoms with E-state index in [-0.39, 0.29) is 4.90 Å². The Bertz CT molecular complexity index is 533. The van der Waals surface area contributed by atoms with Crippen molar-refractivity contribution in [2.75, 3.05) is 0 Å². The molecule has 0 aliphatic heterocycles. The third kappa shape index (κ3) is 3.17. The van der Waals surface area contributed by atoms with Crippen molar-refractivity contribution in [1.29, 1.82) is 0 Å². The van der Waals surface area contributed by atoms with Gasteiger partial charge in [0.15, 0.2) is 0 Å². The van der Waals surface area contributed by atoms with Crippen LogP contribution in [0.3, 0.4) is 0 Å². The Kier molecular flexibility index (Phi) is 3.58. The zero-order valence-corrected chi connectivity index (χ0v) is 10.2. The molecule has 17 heavy (non-hydrogen) atoms. The summed E-state index contributed by atoms with van der Waals surface area (Å²) in [6.45, 7) is 0.